The van der Waals surface area contributed by atoms with Crippen molar-refractivity contribution in [3.63, 3.8) is 0 Å². The molecular formula is C15H19N3O. The molecule has 0 saturated heterocycles. The van der Waals surface area contributed by atoms with Crippen LogP contribution >= 0.6 is 0 Å². The number of aryl methyl sites for hydroxylation is 2. The summed E-state index contributed by atoms with van der Waals surface area (Å²) in [6, 6.07) is 5.88. The van der Waals surface area contributed by atoms with Crippen LogP contribution < -0.4 is 11.3 Å². The van der Waals surface area contributed by atoms with Crippen molar-refractivity contribution in [2.45, 2.75) is 32.1 Å². The fourth-order valence-electron chi connectivity index (χ4n) is 3.48. The summed E-state index contributed by atoms with van der Waals surface area (Å²) in [5.74, 6) is 5.61. The number of carbonyl (C=O) groups excluding carboxylic acids is 1. The van der Waals surface area contributed by atoms with Crippen LogP contribution in [0.4, 0.5) is 0 Å². The van der Waals surface area contributed by atoms with Crippen LogP contribution in [0.15, 0.2) is 18.2 Å². The van der Waals surface area contributed by atoms with Crippen LogP contribution in [0.25, 0.3) is 10.9 Å². The molecule has 0 radical (unpaired) electrons. The number of hydrazine groups is 1. The SMILES string of the molecule is CC1CCCc2c1n(C)c1c(C(=O)NN)cccc21. The van der Waals surface area contributed by atoms with Crippen molar-refractivity contribution >= 4 is 16.8 Å². The van der Waals surface area contributed by atoms with Crippen LogP contribution in [-0.4, -0.2) is 10.5 Å². The molecule has 0 saturated carbocycles. The Morgan fingerprint density at radius 1 is 1.47 bits per heavy atom. The Morgan fingerprint density at radius 2 is 2.26 bits per heavy atom. The minimum atomic E-state index is -0.226. The maximum absolute atomic E-state index is 11.9. The number of nitrogens with two attached hydrogens (primary N) is 1. The van der Waals surface area contributed by atoms with E-state index in [2.05, 4.69) is 30.0 Å². The second-order valence-electron chi connectivity index (χ2n) is 5.39. The molecule has 1 aromatic carbocycles. The third-order valence-corrected chi connectivity index (χ3v) is 4.27. The molecular weight excluding hydrogens is 238 g/mol. The van der Waals surface area contributed by atoms with Crippen molar-refractivity contribution in [3.8, 4) is 0 Å². The van der Waals surface area contributed by atoms with E-state index in [-0.39, 0.29) is 5.91 Å². The third kappa shape index (κ3) is 1.67. The van der Waals surface area contributed by atoms with Crippen LogP contribution in [0.2, 0.25) is 0 Å². The molecule has 1 unspecified atom stereocenters. The summed E-state index contributed by atoms with van der Waals surface area (Å²) in [6.07, 6.45) is 3.54. The Morgan fingerprint density at radius 3 is 3.00 bits per heavy atom. The summed E-state index contributed by atoms with van der Waals surface area (Å²) in [5, 5.41) is 1.20. The first kappa shape index (κ1) is 12.2. The number of carbonyl (C=O) groups is 1. The van der Waals surface area contributed by atoms with Gasteiger partial charge in [-0.05, 0) is 36.8 Å². The van der Waals surface area contributed by atoms with Crippen molar-refractivity contribution in [1.29, 1.82) is 0 Å². The number of aromatic nitrogens is 1. The van der Waals surface area contributed by atoms with Crippen LogP contribution in [0.1, 0.15) is 47.3 Å². The van der Waals surface area contributed by atoms with E-state index in [9.17, 15) is 4.79 Å². The topological polar surface area (TPSA) is 60.0 Å². The lowest BCUT2D eigenvalue weighted by atomic mass is 9.88. The Balaban J connectivity index is 2.36. The standard InChI is InChI=1S/C15H19N3O/c1-9-5-3-6-10-11-7-4-8-12(15(19)17-16)14(11)18(2)13(9)10/h4,7-9H,3,5-6,16H2,1-2H3,(H,17,19). The van der Waals surface area contributed by atoms with Gasteiger partial charge in [0.15, 0.2) is 0 Å². The zero-order valence-corrected chi connectivity index (χ0v) is 11.4. The summed E-state index contributed by atoms with van der Waals surface area (Å²) in [6.45, 7) is 2.26. The van der Waals surface area contributed by atoms with Gasteiger partial charge in [-0.1, -0.05) is 19.1 Å². The van der Waals surface area contributed by atoms with Crippen molar-refractivity contribution < 1.29 is 4.79 Å². The third-order valence-electron chi connectivity index (χ3n) is 4.27. The molecule has 19 heavy (non-hydrogen) atoms. The number of nitrogens with one attached hydrogen (secondary N) is 1. The number of amides is 1. The van der Waals surface area contributed by atoms with E-state index in [0.29, 0.717) is 11.5 Å². The van der Waals surface area contributed by atoms with Gasteiger partial charge in [-0.25, -0.2) is 5.84 Å². The Kier molecular flexibility index (Phi) is 2.82. The second kappa shape index (κ2) is 4.38. The average Bonchev–Trinajstić information content (AvgIpc) is 2.73. The maximum Gasteiger partial charge on any atom is 0.267 e. The summed E-state index contributed by atoms with van der Waals surface area (Å²) < 4.78 is 2.18. The molecule has 0 aliphatic heterocycles. The lowest BCUT2D eigenvalue weighted by Crippen LogP contribution is -2.30. The molecule has 100 valence electrons. The van der Waals surface area contributed by atoms with Gasteiger partial charge >= 0.3 is 0 Å². The first-order valence-corrected chi connectivity index (χ1v) is 6.76. The molecule has 0 bridgehead atoms. The van der Waals surface area contributed by atoms with Gasteiger partial charge in [0.05, 0.1) is 11.1 Å². The van der Waals surface area contributed by atoms with Crippen LogP contribution in [0, 0.1) is 0 Å². The second-order valence-corrected chi connectivity index (χ2v) is 5.39. The highest BCUT2D eigenvalue weighted by atomic mass is 16.2. The predicted octanol–water partition coefficient (Wildman–Crippen LogP) is 2.22. The monoisotopic (exact) mass is 257 g/mol. The Labute approximate surface area is 112 Å². The van der Waals surface area contributed by atoms with E-state index in [4.69, 9.17) is 5.84 Å². The predicted molar refractivity (Wildman–Crippen MR) is 75.9 cm³/mol. The molecule has 1 aliphatic carbocycles. The average molecular weight is 257 g/mol. The fourth-order valence-corrected chi connectivity index (χ4v) is 3.48. The molecule has 3 N–H and O–H groups in total. The van der Waals surface area contributed by atoms with Gasteiger partial charge < -0.3 is 4.57 Å². The number of rotatable bonds is 1. The van der Waals surface area contributed by atoms with E-state index >= 15 is 0 Å². The minimum Gasteiger partial charge on any atom is -0.346 e. The highest BCUT2D eigenvalue weighted by Crippen LogP contribution is 2.38. The summed E-state index contributed by atoms with van der Waals surface area (Å²) in [5.41, 5.74) is 6.68. The summed E-state index contributed by atoms with van der Waals surface area (Å²) in [4.78, 5) is 11.9. The molecule has 0 fully saturated rings. The van der Waals surface area contributed by atoms with E-state index in [0.717, 1.165) is 11.9 Å². The van der Waals surface area contributed by atoms with Crippen molar-refractivity contribution in [2.75, 3.05) is 0 Å². The number of nitrogens with zero attached hydrogens (tertiary/aromatic N) is 1. The van der Waals surface area contributed by atoms with Crippen LogP contribution in [0.3, 0.4) is 0 Å². The number of benzene rings is 1. The molecule has 2 aromatic rings. The molecule has 1 aliphatic rings. The highest BCUT2D eigenvalue weighted by molar-refractivity contribution is 6.07. The lowest BCUT2D eigenvalue weighted by molar-refractivity contribution is 0.0955. The molecule has 1 amide bonds. The summed E-state index contributed by atoms with van der Waals surface area (Å²) in [7, 11) is 2.05. The van der Waals surface area contributed by atoms with Crippen molar-refractivity contribution in [1.82, 2.24) is 9.99 Å². The zero-order chi connectivity index (χ0) is 13.6. The van der Waals surface area contributed by atoms with Gasteiger partial charge in [0.25, 0.3) is 5.91 Å². The number of hydrogen-bond donors (Lipinski definition) is 2. The molecule has 4 heteroatoms. The van der Waals surface area contributed by atoms with Crippen LogP contribution in [-0.2, 0) is 13.5 Å². The summed E-state index contributed by atoms with van der Waals surface area (Å²) >= 11 is 0. The number of para-hydroxylation sites is 1. The van der Waals surface area contributed by atoms with E-state index in [1.807, 2.05) is 12.1 Å². The van der Waals surface area contributed by atoms with E-state index < -0.39 is 0 Å². The molecule has 4 nitrogen and oxygen atoms in total. The van der Waals surface area contributed by atoms with Crippen LogP contribution in [0.5, 0.6) is 0 Å². The fraction of sp³-hybridized carbons (Fsp3) is 0.400. The highest BCUT2D eigenvalue weighted by Gasteiger charge is 2.25. The normalized spacial score (nSPS) is 18.4. The molecule has 1 atom stereocenters. The number of nitrogen functional groups attached to an aromatic ring is 1. The zero-order valence-electron chi connectivity index (χ0n) is 11.4. The van der Waals surface area contributed by atoms with Gasteiger partial charge in [-0.2, -0.15) is 0 Å². The largest absolute Gasteiger partial charge is 0.346 e. The van der Waals surface area contributed by atoms with Gasteiger partial charge in [-0.15, -0.1) is 0 Å². The van der Waals surface area contributed by atoms with Gasteiger partial charge in [0.1, 0.15) is 0 Å². The quantitative estimate of drug-likeness (QED) is 0.467. The lowest BCUT2D eigenvalue weighted by Gasteiger charge is -2.20. The molecule has 0 spiro atoms. The van der Waals surface area contributed by atoms with E-state index in [1.165, 1.54) is 29.5 Å². The van der Waals surface area contributed by atoms with Gasteiger partial charge in [-0.3, -0.25) is 10.2 Å². The van der Waals surface area contributed by atoms with Gasteiger partial charge in [0, 0.05) is 18.1 Å². The Hall–Kier alpha value is -1.81. The first-order chi connectivity index (χ1) is 9.15. The number of fused-ring (bicyclic) bond motifs is 3. The molecule has 1 aromatic heterocycles. The van der Waals surface area contributed by atoms with Crippen molar-refractivity contribution in [3.05, 3.63) is 35.0 Å². The number of hydrogen-bond acceptors (Lipinski definition) is 2. The Bertz CT molecular complexity index is 657. The minimum absolute atomic E-state index is 0.226. The van der Waals surface area contributed by atoms with Crippen molar-refractivity contribution in [2.24, 2.45) is 12.9 Å². The first-order valence-electron chi connectivity index (χ1n) is 6.76. The maximum atomic E-state index is 11.9. The van der Waals surface area contributed by atoms with Gasteiger partial charge in [0.2, 0.25) is 0 Å². The van der Waals surface area contributed by atoms with E-state index in [1.54, 1.807) is 0 Å². The smallest absolute Gasteiger partial charge is 0.267 e. The molecule has 1 heterocycles. The molecule has 3 rings (SSSR count).